The second kappa shape index (κ2) is 15.3. The lowest BCUT2D eigenvalue weighted by atomic mass is 10.1. The standard InChI is InChI=1S/C33H38BrN3O3/c1-3-12-25-18-19-30(31(23-25)39-2)40-22-10-9-21-37-29-16-7-6-15-28(29)36-32(37)17-5-4-8-20-35-33(38)26-13-11-14-27(34)24-26/h3,6-7,11-16,18-19,23-24H,4-5,8-10,17,20-22H2,1-2H3,(H,35,38)/b12-3+. The number of amides is 1. The minimum absolute atomic E-state index is 0.0313. The number of para-hydroxylation sites is 2. The Kier molecular flexibility index (Phi) is 11.2. The Bertz CT molecular complexity index is 1430. The molecule has 1 amide bonds. The molecule has 4 rings (SSSR count). The van der Waals surface area contributed by atoms with Crippen molar-refractivity contribution in [2.75, 3.05) is 20.3 Å². The molecule has 7 heteroatoms. The summed E-state index contributed by atoms with van der Waals surface area (Å²) >= 11 is 3.42. The SMILES string of the molecule is C/C=C/c1ccc(OCCCCn2c(CCCCCNC(=O)c3cccc(Br)c3)nc3ccccc32)c(OC)c1. The Morgan fingerprint density at radius 1 is 0.975 bits per heavy atom. The molecule has 0 bridgehead atoms. The normalized spacial score (nSPS) is 11.3. The average molecular weight is 605 g/mol. The Hall–Kier alpha value is -3.58. The average Bonchev–Trinajstić information content (AvgIpc) is 3.32. The Morgan fingerprint density at radius 2 is 1.85 bits per heavy atom. The number of fused-ring (bicyclic) bond motifs is 1. The van der Waals surface area contributed by atoms with Crippen molar-refractivity contribution < 1.29 is 14.3 Å². The van der Waals surface area contributed by atoms with Crippen molar-refractivity contribution in [1.29, 1.82) is 0 Å². The monoisotopic (exact) mass is 603 g/mol. The van der Waals surface area contributed by atoms with E-state index in [1.54, 1.807) is 7.11 Å². The van der Waals surface area contributed by atoms with Gasteiger partial charge in [-0.15, -0.1) is 0 Å². The summed E-state index contributed by atoms with van der Waals surface area (Å²) < 4.78 is 14.8. The minimum atomic E-state index is -0.0313. The van der Waals surface area contributed by atoms with E-state index in [9.17, 15) is 4.79 Å². The zero-order valence-electron chi connectivity index (χ0n) is 23.4. The maximum Gasteiger partial charge on any atom is 0.251 e. The van der Waals surface area contributed by atoms with E-state index in [-0.39, 0.29) is 5.91 Å². The Morgan fingerprint density at radius 3 is 2.67 bits per heavy atom. The lowest BCUT2D eigenvalue weighted by Gasteiger charge is -2.12. The number of nitrogens with one attached hydrogen (secondary N) is 1. The number of aromatic nitrogens is 2. The molecule has 1 N–H and O–H groups in total. The fraction of sp³-hybridized carbons (Fsp3) is 0.333. The number of carbonyl (C=O) groups is 1. The third kappa shape index (κ3) is 8.21. The summed E-state index contributed by atoms with van der Waals surface area (Å²) in [6, 6.07) is 21.8. The van der Waals surface area contributed by atoms with Gasteiger partial charge in [-0.3, -0.25) is 4.79 Å². The minimum Gasteiger partial charge on any atom is -0.493 e. The molecule has 0 atom stereocenters. The first-order valence-electron chi connectivity index (χ1n) is 14.0. The highest BCUT2D eigenvalue weighted by atomic mass is 79.9. The van der Waals surface area contributed by atoms with Gasteiger partial charge in [0, 0.05) is 29.5 Å². The zero-order valence-corrected chi connectivity index (χ0v) is 25.0. The van der Waals surface area contributed by atoms with Crippen LogP contribution >= 0.6 is 15.9 Å². The molecule has 0 saturated heterocycles. The molecule has 0 unspecified atom stereocenters. The van der Waals surface area contributed by atoms with Gasteiger partial charge in [0.15, 0.2) is 11.5 Å². The van der Waals surface area contributed by atoms with Crippen LogP contribution in [0.4, 0.5) is 0 Å². The van der Waals surface area contributed by atoms with E-state index in [0.29, 0.717) is 18.7 Å². The van der Waals surface area contributed by atoms with Gasteiger partial charge in [0.25, 0.3) is 5.91 Å². The number of unbranched alkanes of at least 4 members (excludes halogenated alkanes) is 3. The van der Waals surface area contributed by atoms with Gasteiger partial charge in [-0.2, -0.15) is 0 Å². The summed E-state index contributed by atoms with van der Waals surface area (Å²) in [4.78, 5) is 17.3. The number of hydrogen-bond donors (Lipinski definition) is 1. The Balaban J connectivity index is 1.23. The molecule has 6 nitrogen and oxygen atoms in total. The van der Waals surface area contributed by atoms with Crippen molar-refractivity contribution >= 4 is 38.9 Å². The quantitative estimate of drug-likeness (QED) is 0.141. The Labute approximate surface area is 245 Å². The van der Waals surface area contributed by atoms with Crippen LogP contribution in [0.3, 0.4) is 0 Å². The number of hydrogen-bond acceptors (Lipinski definition) is 4. The van der Waals surface area contributed by atoms with Gasteiger partial charge in [0.1, 0.15) is 5.82 Å². The number of allylic oxidation sites excluding steroid dienone is 1. The number of rotatable bonds is 15. The first-order valence-corrected chi connectivity index (χ1v) is 14.8. The topological polar surface area (TPSA) is 65.4 Å². The van der Waals surface area contributed by atoms with Crippen molar-refractivity contribution in [2.24, 2.45) is 0 Å². The van der Waals surface area contributed by atoms with E-state index in [1.807, 2.05) is 67.6 Å². The molecule has 1 heterocycles. The van der Waals surface area contributed by atoms with E-state index in [0.717, 1.165) is 77.9 Å². The van der Waals surface area contributed by atoms with Gasteiger partial charge in [-0.25, -0.2) is 4.98 Å². The predicted octanol–water partition coefficient (Wildman–Crippen LogP) is 7.84. The lowest BCUT2D eigenvalue weighted by Crippen LogP contribution is -2.24. The highest BCUT2D eigenvalue weighted by Crippen LogP contribution is 2.29. The van der Waals surface area contributed by atoms with Crippen molar-refractivity contribution in [3.8, 4) is 11.5 Å². The maximum atomic E-state index is 12.3. The van der Waals surface area contributed by atoms with Crippen molar-refractivity contribution in [3.05, 3.63) is 94.2 Å². The number of ether oxygens (including phenoxy) is 2. The van der Waals surface area contributed by atoms with E-state index < -0.39 is 0 Å². The third-order valence-electron chi connectivity index (χ3n) is 6.76. The molecule has 0 saturated carbocycles. The number of benzene rings is 3. The molecular weight excluding hydrogens is 566 g/mol. The molecule has 0 aliphatic carbocycles. The molecule has 0 fully saturated rings. The van der Waals surface area contributed by atoms with E-state index >= 15 is 0 Å². The predicted molar refractivity (Wildman–Crippen MR) is 166 cm³/mol. The maximum absolute atomic E-state index is 12.3. The number of aryl methyl sites for hydroxylation is 2. The van der Waals surface area contributed by atoms with Crippen LogP contribution in [0.1, 0.15) is 60.8 Å². The summed E-state index contributed by atoms with van der Waals surface area (Å²) in [7, 11) is 1.67. The first-order chi connectivity index (χ1) is 19.6. The molecule has 0 aliphatic rings. The molecule has 4 aromatic rings. The van der Waals surface area contributed by atoms with Gasteiger partial charge in [0.2, 0.25) is 0 Å². The summed E-state index contributed by atoms with van der Waals surface area (Å²) in [5.41, 5.74) is 3.99. The molecule has 0 radical (unpaired) electrons. The fourth-order valence-corrected chi connectivity index (χ4v) is 5.14. The van der Waals surface area contributed by atoms with Crippen LogP contribution in [0.15, 0.2) is 77.3 Å². The molecule has 0 spiro atoms. The highest BCUT2D eigenvalue weighted by Gasteiger charge is 2.11. The molecule has 0 aliphatic heterocycles. The number of carbonyl (C=O) groups excluding carboxylic acids is 1. The lowest BCUT2D eigenvalue weighted by molar-refractivity contribution is 0.0953. The second-order valence-corrected chi connectivity index (χ2v) is 10.6. The molecule has 210 valence electrons. The molecule has 3 aromatic carbocycles. The second-order valence-electron chi connectivity index (χ2n) is 9.71. The van der Waals surface area contributed by atoms with Crippen molar-refractivity contribution in [1.82, 2.24) is 14.9 Å². The third-order valence-corrected chi connectivity index (χ3v) is 7.26. The summed E-state index contributed by atoms with van der Waals surface area (Å²) in [5, 5.41) is 3.02. The smallest absolute Gasteiger partial charge is 0.251 e. The van der Waals surface area contributed by atoms with Gasteiger partial charge in [-0.1, -0.05) is 58.8 Å². The van der Waals surface area contributed by atoms with Crippen LogP contribution in [0.2, 0.25) is 0 Å². The number of halogens is 1. The van der Waals surface area contributed by atoms with E-state index in [4.69, 9.17) is 14.5 Å². The zero-order chi connectivity index (χ0) is 28.2. The van der Waals surface area contributed by atoms with Crippen LogP contribution in [0.5, 0.6) is 11.5 Å². The number of imidazole rings is 1. The highest BCUT2D eigenvalue weighted by molar-refractivity contribution is 9.10. The van der Waals surface area contributed by atoms with Gasteiger partial charge >= 0.3 is 0 Å². The van der Waals surface area contributed by atoms with Crippen LogP contribution in [0, 0.1) is 0 Å². The number of methoxy groups -OCH3 is 1. The van der Waals surface area contributed by atoms with E-state index in [1.165, 1.54) is 5.52 Å². The van der Waals surface area contributed by atoms with Crippen LogP contribution in [-0.2, 0) is 13.0 Å². The molecular formula is C33H38BrN3O3. The van der Waals surface area contributed by atoms with Crippen LogP contribution in [0.25, 0.3) is 17.1 Å². The van der Waals surface area contributed by atoms with E-state index in [2.05, 4.69) is 44.0 Å². The van der Waals surface area contributed by atoms with Crippen molar-refractivity contribution in [3.63, 3.8) is 0 Å². The summed E-state index contributed by atoms with van der Waals surface area (Å²) in [6.07, 6.45) is 9.90. The van der Waals surface area contributed by atoms with Crippen LogP contribution in [-0.4, -0.2) is 35.7 Å². The fourth-order valence-electron chi connectivity index (χ4n) is 4.74. The van der Waals surface area contributed by atoms with Crippen molar-refractivity contribution in [2.45, 2.75) is 52.0 Å². The summed E-state index contributed by atoms with van der Waals surface area (Å²) in [5.74, 6) is 2.63. The largest absolute Gasteiger partial charge is 0.493 e. The molecule has 1 aromatic heterocycles. The molecule has 40 heavy (non-hydrogen) atoms. The first kappa shape index (κ1) is 29.4. The van der Waals surface area contributed by atoms with Gasteiger partial charge < -0.3 is 19.4 Å². The number of nitrogens with zero attached hydrogens (tertiary/aromatic N) is 2. The van der Waals surface area contributed by atoms with Gasteiger partial charge in [-0.05, 0) is 80.6 Å². The van der Waals surface area contributed by atoms with Crippen LogP contribution < -0.4 is 14.8 Å². The summed E-state index contributed by atoms with van der Waals surface area (Å²) in [6.45, 7) is 4.21. The van der Waals surface area contributed by atoms with Gasteiger partial charge in [0.05, 0.1) is 24.8 Å².